The summed E-state index contributed by atoms with van der Waals surface area (Å²) in [6.45, 7) is 0.289. The highest BCUT2D eigenvalue weighted by Crippen LogP contribution is 2.34. The quantitative estimate of drug-likeness (QED) is 0.552. The average Bonchev–Trinajstić information content (AvgIpc) is 3.21. The molecule has 0 saturated carbocycles. The number of aromatic amines is 1. The smallest absolute Gasteiger partial charge is 0.256 e. The molecule has 0 fully saturated rings. The molecule has 0 radical (unpaired) electrons. The van der Waals surface area contributed by atoms with Crippen LogP contribution in [0.4, 0.5) is 8.78 Å². The number of likely N-dealkylation sites (N-methyl/N-ethyl adjacent to an activating group) is 1. The number of fused-ring (bicyclic) bond motifs is 4. The van der Waals surface area contributed by atoms with E-state index in [0.29, 0.717) is 16.8 Å². The highest BCUT2D eigenvalue weighted by Gasteiger charge is 2.31. The molecule has 1 N–H and O–H groups in total. The minimum atomic E-state index is -1.10. The van der Waals surface area contributed by atoms with Gasteiger partial charge in [0, 0.05) is 41.8 Å². The van der Waals surface area contributed by atoms with E-state index >= 15 is 0 Å². The van der Waals surface area contributed by atoms with Crippen molar-refractivity contribution >= 4 is 22.2 Å². The number of amides is 1. The number of H-pyrrole nitrogens is 1. The Balaban J connectivity index is 1.62. The molecule has 8 heteroatoms. The zero-order valence-electron chi connectivity index (χ0n) is 16.0. The van der Waals surface area contributed by atoms with Crippen molar-refractivity contribution < 1.29 is 18.3 Å². The molecule has 0 saturated heterocycles. The van der Waals surface area contributed by atoms with E-state index in [1.807, 2.05) is 22.7 Å². The number of nitrogens with zero attached hydrogens (tertiary/aromatic N) is 2. The van der Waals surface area contributed by atoms with Crippen LogP contribution in [0.3, 0.4) is 0 Å². The SMILES string of the molecule is CN(C(=O)c1ccn2cccc2c1)C1COCc2[nH]c(=O)c3cc(F)c(F)cc3c21. The lowest BCUT2D eigenvalue weighted by atomic mass is 9.95. The van der Waals surface area contributed by atoms with Crippen LogP contribution in [0.2, 0.25) is 0 Å². The average molecular weight is 409 g/mol. The van der Waals surface area contributed by atoms with E-state index in [-0.39, 0.29) is 29.9 Å². The first-order valence-corrected chi connectivity index (χ1v) is 9.39. The lowest BCUT2D eigenvalue weighted by molar-refractivity contribution is 0.0335. The molecular formula is C22H17F2N3O3. The standard InChI is InChI=1S/C22H17F2N3O3/c1-26(22(29)12-4-6-27-5-2-3-13(27)7-12)19-11-30-10-18-20(19)14-8-16(23)17(24)9-15(14)21(28)25-18/h2-9,19H,10-11H2,1H3,(H,25,28). The van der Waals surface area contributed by atoms with Gasteiger partial charge in [-0.25, -0.2) is 8.78 Å². The topological polar surface area (TPSA) is 66.8 Å². The number of pyridine rings is 2. The summed E-state index contributed by atoms with van der Waals surface area (Å²) in [6, 6.07) is 8.61. The fraction of sp³-hybridized carbons (Fsp3) is 0.182. The number of carbonyl (C=O) groups is 1. The number of hydrogen-bond donors (Lipinski definition) is 1. The number of carbonyl (C=O) groups excluding carboxylic acids is 1. The third-order valence-corrected chi connectivity index (χ3v) is 5.60. The Labute approximate surface area is 169 Å². The molecule has 0 aliphatic carbocycles. The Bertz CT molecular complexity index is 1380. The van der Waals surface area contributed by atoms with Crippen LogP contribution in [-0.2, 0) is 11.3 Å². The van der Waals surface area contributed by atoms with Crippen LogP contribution in [0.1, 0.15) is 27.7 Å². The van der Waals surface area contributed by atoms with E-state index in [9.17, 15) is 18.4 Å². The lowest BCUT2D eigenvalue weighted by Gasteiger charge is -2.34. The molecule has 1 aliphatic rings. The van der Waals surface area contributed by atoms with E-state index in [0.717, 1.165) is 17.6 Å². The predicted molar refractivity (Wildman–Crippen MR) is 106 cm³/mol. The van der Waals surface area contributed by atoms with Gasteiger partial charge in [0.25, 0.3) is 11.5 Å². The molecule has 1 atom stereocenters. The summed E-state index contributed by atoms with van der Waals surface area (Å²) < 4.78 is 35.3. The highest BCUT2D eigenvalue weighted by molar-refractivity contribution is 5.96. The zero-order valence-corrected chi connectivity index (χ0v) is 16.0. The van der Waals surface area contributed by atoms with Crippen LogP contribution in [0, 0.1) is 11.6 Å². The van der Waals surface area contributed by atoms with Gasteiger partial charge in [-0.2, -0.15) is 0 Å². The normalized spacial score (nSPS) is 16.0. The van der Waals surface area contributed by atoms with E-state index in [1.165, 1.54) is 4.90 Å². The van der Waals surface area contributed by atoms with Crippen LogP contribution < -0.4 is 5.56 Å². The van der Waals surface area contributed by atoms with Crippen molar-refractivity contribution in [3.63, 3.8) is 0 Å². The Kier molecular flexibility index (Phi) is 4.18. The number of rotatable bonds is 2. The lowest BCUT2D eigenvalue weighted by Crippen LogP contribution is -2.37. The summed E-state index contributed by atoms with van der Waals surface area (Å²) in [7, 11) is 1.63. The minimum Gasteiger partial charge on any atom is -0.373 e. The molecule has 152 valence electrons. The minimum absolute atomic E-state index is 0.0370. The monoisotopic (exact) mass is 409 g/mol. The van der Waals surface area contributed by atoms with Crippen LogP contribution in [0.15, 0.2) is 53.6 Å². The van der Waals surface area contributed by atoms with Crippen molar-refractivity contribution in [2.45, 2.75) is 12.6 Å². The summed E-state index contributed by atoms with van der Waals surface area (Å²) in [6.07, 6.45) is 3.68. The number of aromatic nitrogens is 2. The third-order valence-electron chi connectivity index (χ3n) is 5.60. The maximum atomic E-state index is 14.0. The maximum absolute atomic E-state index is 14.0. The predicted octanol–water partition coefficient (Wildman–Crippen LogP) is 3.40. The Morgan fingerprint density at radius 1 is 1.17 bits per heavy atom. The zero-order chi connectivity index (χ0) is 21.0. The molecular weight excluding hydrogens is 392 g/mol. The van der Waals surface area contributed by atoms with Gasteiger partial charge in [0.2, 0.25) is 0 Å². The van der Waals surface area contributed by atoms with Gasteiger partial charge >= 0.3 is 0 Å². The Morgan fingerprint density at radius 2 is 1.93 bits per heavy atom. The first-order chi connectivity index (χ1) is 14.4. The summed E-state index contributed by atoms with van der Waals surface area (Å²) in [5, 5.41) is 0.317. The van der Waals surface area contributed by atoms with E-state index in [2.05, 4.69) is 4.98 Å². The van der Waals surface area contributed by atoms with Crippen LogP contribution >= 0.6 is 0 Å². The number of halogens is 2. The maximum Gasteiger partial charge on any atom is 0.256 e. The Hall–Kier alpha value is -3.52. The van der Waals surface area contributed by atoms with E-state index < -0.39 is 23.2 Å². The molecule has 0 spiro atoms. The molecule has 6 nitrogen and oxygen atoms in total. The number of ether oxygens (including phenoxy) is 1. The second kappa shape index (κ2) is 6.77. The van der Waals surface area contributed by atoms with Gasteiger partial charge in [-0.3, -0.25) is 9.59 Å². The molecule has 1 unspecified atom stereocenters. The molecule has 4 aromatic rings. The van der Waals surface area contributed by atoms with Crippen LogP contribution in [0.25, 0.3) is 16.3 Å². The molecule has 5 rings (SSSR count). The molecule has 1 aliphatic heterocycles. The second-order valence-corrected chi connectivity index (χ2v) is 7.36. The van der Waals surface area contributed by atoms with Crippen molar-refractivity contribution in [2.75, 3.05) is 13.7 Å². The van der Waals surface area contributed by atoms with Crippen molar-refractivity contribution in [3.05, 3.63) is 87.6 Å². The van der Waals surface area contributed by atoms with Gasteiger partial charge in [-0.05, 0) is 41.8 Å². The number of benzene rings is 1. The highest BCUT2D eigenvalue weighted by atomic mass is 19.2. The van der Waals surface area contributed by atoms with Gasteiger partial charge in [0.1, 0.15) is 0 Å². The van der Waals surface area contributed by atoms with Gasteiger partial charge in [0.15, 0.2) is 11.6 Å². The van der Waals surface area contributed by atoms with Crippen molar-refractivity contribution in [1.82, 2.24) is 14.3 Å². The summed E-state index contributed by atoms with van der Waals surface area (Å²) in [5.41, 5.74) is 1.86. The molecule has 30 heavy (non-hydrogen) atoms. The number of hydrogen-bond acceptors (Lipinski definition) is 3. The molecule has 3 aromatic heterocycles. The fourth-order valence-corrected chi connectivity index (χ4v) is 4.06. The summed E-state index contributed by atoms with van der Waals surface area (Å²) >= 11 is 0. The van der Waals surface area contributed by atoms with Gasteiger partial charge in [-0.1, -0.05) is 0 Å². The van der Waals surface area contributed by atoms with Gasteiger partial charge < -0.3 is 19.0 Å². The van der Waals surface area contributed by atoms with Crippen LogP contribution in [0.5, 0.6) is 0 Å². The molecule has 0 bridgehead atoms. The van der Waals surface area contributed by atoms with Gasteiger partial charge in [-0.15, -0.1) is 0 Å². The number of nitrogens with one attached hydrogen (secondary N) is 1. The van der Waals surface area contributed by atoms with Crippen molar-refractivity contribution in [1.29, 1.82) is 0 Å². The van der Waals surface area contributed by atoms with Gasteiger partial charge in [0.05, 0.1) is 24.6 Å². The van der Waals surface area contributed by atoms with Crippen LogP contribution in [-0.4, -0.2) is 33.8 Å². The van der Waals surface area contributed by atoms with E-state index in [4.69, 9.17) is 4.74 Å². The van der Waals surface area contributed by atoms with Crippen molar-refractivity contribution in [2.24, 2.45) is 0 Å². The third kappa shape index (κ3) is 2.80. The van der Waals surface area contributed by atoms with E-state index in [1.54, 1.807) is 25.4 Å². The Morgan fingerprint density at radius 3 is 2.73 bits per heavy atom. The molecule has 1 amide bonds. The first kappa shape index (κ1) is 18.5. The summed E-state index contributed by atoms with van der Waals surface area (Å²) in [5.74, 6) is -2.39. The first-order valence-electron chi connectivity index (χ1n) is 9.39. The summed E-state index contributed by atoms with van der Waals surface area (Å²) in [4.78, 5) is 29.8. The molecule has 4 heterocycles. The second-order valence-electron chi connectivity index (χ2n) is 7.36. The molecule has 1 aromatic carbocycles. The van der Waals surface area contributed by atoms with Crippen molar-refractivity contribution in [3.8, 4) is 0 Å². The fourth-order valence-electron chi connectivity index (χ4n) is 4.06. The largest absolute Gasteiger partial charge is 0.373 e.